The maximum absolute atomic E-state index is 12.7. The molecule has 0 spiro atoms. The van der Waals surface area contributed by atoms with Gasteiger partial charge in [-0.15, -0.1) is 11.3 Å². The molecule has 0 aliphatic carbocycles. The summed E-state index contributed by atoms with van der Waals surface area (Å²) in [7, 11) is 0. The first-order valence-corrected chi connectivity index (χ1v) is 6.02. The molecule has 18 heavy (non-hydrogen) atoms. The van der Waals surface area contributed by atoms with Gasteiger partial charge in [0.2, 0.25) is 0 Å². The van der Waals surface area contributed by atoms with Gasteiger partial charge in [-0.05, 0) is 13.0 Å². The lowest BCUT2D eigenvalue weighted by Gasteiger charge is -2.34. The standard InChI is InChI=1S/C10H12F3N3OS/c1-9(7-2-5(14)4-18-7)3-6(10(11,12)13)17-8(15)16-9/h2,4,6H,3,14H2,1H3,(H2,15,16). The van der Waals surface area contributed by atoms with E-state index in [1.165, 1.54) is 11.3 Å². The summed E-state index contributed by atoms with van der Waals surface area (Å²) in [5, 5.41) is 1.66. The highest BCUT2D eigenvalue weighted by molar-refractivity contribution is 7.10. The Labute approximate surface area is 105 Å². The van der Waals surface area contributed by atoms with E-state index < -0.39 is 23.8 Å². The fourth-order valence-corrected chi connectivity index (χ4v) is 2.75. The number of hydrogen-bond acceptors (Lipinski definition) is 5. The van der Waals surface area contributed by atoms with Crippen LogP contribution in [0, 0.1) is 0 Å². The highest BCUT2D eigenvalue weighted by Gasteiger charge is 2.49. The van der Waals surface area contributed by atoms with Crippen molar-refractivity contribution in [1.29, 1.82) is 0 Å². The van der Waals surface area contributed by atoms with Crippen molar-refractivity contribution in [2.75, 3.05) is 5.73 Å². The van der Waals surface area contributed by atoms with Gasteiger partial charge in [-0.25, -0.2) is 4.99 Å². The molecule has 0 saturated carbocycles. The lowest BCUT2D eigenvalue weighted by Crippen LogP contribution is -2.45. The number of rotatable bonds is 1. The van der Waals surface area contributed by atoms with E-state index in [0.717, 1.165) is 0 Å². The van der Waals surface area contributed by atoms with Gasteiger partial charge in [0.25, 0.3) is 6.02 Å². The summed E-state index contributed by atoms with van der Waals surface area (Å²) in [6.45, 7) is 1.59. The Morgan fingerprint density at radius 2 is 2.17 bits per heavy atom. The number of halogens is 3. The van der Waals surface area contributed by atoms with E-state index in [1.54, 1.807) is 18.4 Å². The molecular weight excluding hydrogens is 267 g/mol. The molecule has 0 amide bonds. The first kappa shape index (κ1) is 13.0. The average Bonchev–Trinajstić information content (AvgIpc) is 2.63. The Balaban J connectivity index is 2.36. The van der Waals surface area contributed by atoms with Crippen LogP contribution in [0.1, 0.15) is 18.2 Å². The molecule has 8 heteroatoms. The Morgan fingerprint density at radius 3 is 2.67 bits per heavy atom. The number of alkyl halides is 3. The molecule has 0 saturated heterocycles. The first-order valence-electron chi connectivity index (χ1n) is 5.14. The smallest absolute Gasteiger partial charge is 0.425 e. The zero-order valence-corrected chi connectivity index (χ0v) is 10.3. The first-order chi connectivity index (χ1) is 8.21. The zero-order valence-electron chi connectivity index (χ0n) is 9.49. The maximum atomic E-state index is 12.7. The SMILES string of the molecule is CC1(c2cc(N)cs2)CC(C(F)(F)F)OC(N)=N1. The van der Waals surface area contributed by atoms with Crippen LogP contribution < -0.4 is 11.5 Å². The van der Waals surface area contributed by atoms with E-state index in [4.69, 9.17) is 11.5 Å². The number of anilines is 1. The summed E-state index contributed by atoms with van der Waals surface area (Å²) in [5.41, 5.74) is 10.4. The largest absolute Gasteiger partial charge is 0.452 e. The average molecular weight is 279 g/mol. The summed E-state index contributed by atoms with van der Waals surface area (Å²) < 4.78 is 42.7. The van der Waals surface area contributed by atoms with E-state index in [0.29, 0.717) is 10.6 Å². The summed E-state index contributed by atoms with van der Waals surface area (Å²) in [5.74, 6) is 0. The van der Waals surface area contributed by atoms with E-state index in [-0.39, 0.29) is 6.42 Å². The molecule has 1 aliphatic heterocycles. The molecule has 2 heterocycles. The molecule has 100 valence electrons. The number of nitrogen functional groups attached to an aromatic ring is 1. The summed E-state index contributed by atoms with van der Waals surface area (Å²) in [4.78, 5) is 4.63. The van der Waals surface area contributed by atoms with E-state index in [9.17, 15) is 13.2 Å². The Hall–Kier alpha value is -1.44. The number of hydrogen-bond donors (Lipinski definition) is 2. The van der Waals surface area contributed by atoms with E-state index in [1.807, 2.05) is 0 Å². The summed E-state index contributed by atoms with van der Waals surface area (Å²) in [6, 6.07) is 1.17. The van der Waals surface area contributed by atoms with Crippen LogP contribution in [0.25, 0.3) is 0 Å². The molecule has 1 aromatic rings. The topological polar surface area (TPSA) is 73.6 Å². The van der Waals surface area contributed by atoms with Crippen LogP contribution in [0.3, 0.4) is 0 Å². The van der Waals surface area contributed by atoms with Crippen molar-refractivity contribution in [3.63, 3.8) is 0 Å². The van der Waals surface area contributed by atoms with Crippen LogP contribution >= 0.6 is 11.3 Å². The van der Waals surface area contributed by atoms with Gasteiger partial charge >= 0.3 is 6.18 Å². The number of ether oxygens (including phenoxy) is 1. The van der Waals surface area contributed by atoms with Crippen LogP contribution in [0.5, 0.6) is 0 Å². The van der Waals surface area contributed by atoms with Crippen molar-refractivity contribution < 1.29 is 17.9 Å². The molecule has 1 aromatic heterocycles. The predicted octanol–water partition coefficient (Wildman–Crippen LogP) is 2.21. The molecule has 1 aliphatic rings. The third-order valence-electron chi connectivity index (χ3n) is 2.72. The minimum atomic E-state index is -4.47. The molecule has 0 aromatic carbocycles. The van der Waals surface area contributed by atoms with Gasteiger partial charge in [-0.2, -0.15) is 13.2 Å². The van der Waals surface area contributed by atoms with Gasteiger partial charge in [-0.1, -0.05) is 0 Å². The van der Waals surface area contributed by atoms with Gasteiger partial charge < -0.3 is 16.2 Å². The minimum Gasteiger partial charge on any atom is -0.452 e. The molecular formula is C10H12F3N3OS. The fraction of sp³-hybridized carbons (Fsp3) is 0.500. The molecule has 0 bridgehead atoms. The number of aliphatic imine (C=N–C) groups is 1. The quantitative estimate of drug-likeness (QED) is 0.827. The minimum absolute atomic E-state index is 0.308. The van der Waals surface area contributed by atoms with Crippen molar-refractivity contribution in [1.82, 2.24) is 0 Å². The number of thiophene rings is 1. The maximum Gasteiger partial charge on any atom is 0.425 e. The normalized spacial score (nSPS) is 28.7. The molecule has 4 N–H and O–H groups in total. The molecule has 4 nitrogen and oxygen atoms in total. The van der Waals surface area contributed by atoms with Crippen LogP contribution in [-0.2, 0) is 10.3 Å². The molecule has 0 radical (unpaired) electrons. The second-order valence-corrected chi connectivity index (χ2v) is 5.23. The second-order valence-electron chi connectivity index (χ2n) is 4.32. The van der Waals surface area contributed by atoms with Crippen molar-refractivity contribution in [3.8, 4) is 0 Å². The number of nitrogens with two attached hydrogens (primary N) is 2. The Kier molecular flexibility index (Phi) is 2.92. The van der Waals surface area contributed by atoms with Crippen LogP contribution in [0.2, 0.25) is 0 Å². The van der Waals surface area contributed by atoms with Gasteiger partial charge in [0.1, 0.15) is 5.54 Å². The molecule has 2 atom stereocenters. The third kappa shape index (κ3) is 2.38. The van der Waals surface area contributed by atoms with Crippen molar-refractivity contribution in [2.45, 2.75) is 31.2 Å². The van der Waals surface area contributed by atoms with E-state index >= 15 is 0 Å². The predicted molar refractivity (Wildman–Crippen MR) is 63.3 cm³/mol. The van der Waals surface area contributed by atoms with Gasteiger partial charge in [0.15, 0.2) is 6.10 Å². The van der Waals surface area contributed by atoms with Gasteiger partial charge in [-0.3, -0.25) is 0 Å². The fourth-order valence-electron chi connectivity index (χ4n) is 1.84. The van der Waals surface area contributed by atoms with Crippen molar-refractivity contribution in [3.05, 3.63) is 16.3 Å². The van der Waals surface area contributed by atoms with Crippen LogP contribution in [0.15, 0.2) is 16.4 Å². The third-order valence-corrected chi connectivity index (χ3v) is 3.92. The monoisotopic (exact) mass is 279 g/mol. The summed E-state index contributed by atoms with van der Waals surface area (Å²) >= 11 is 1.26. The van der Waals surface area contributed by atoms with Gasteiger partial charge in [0, 0.05) is 22.4 Å². The number of amidine groups is 1. The number of nitrogens with zero attached hydrogens (tertiary/aromatic N) is 1. The molecule has 0 fully saturated rings. The van der Waals surface area contributed by atoms with E-state index in [2.05, 4.69) is 9.73 Å². The van der Waals surface area contributed by atoms with Crippen molar-refractivity contribution >= 4 is 23.0 Å². The zero-order chi connectivity index (χ0) is 13.6. The highest BCUT2D eigenvalue weighted by atomic mass is 32.1. The molecule has 2 rings (SSSR count). The summed E-state index contributed by atoms with van der Waals surface area (Å²) in [6.07, 6.45) is -6.72. The van der Waals surface area contributed by atoms with Gasteiger partial charge in [0.05, 0.1) is 0 Å². The lowest BCUT2D eigenvalue weighted by atomic mass is 9.92. The second kappa shape index (κ2) is 4.04. The Bertz CT molecular complexity index is 485. The van der Waals surface area contributed by atoms with Crippen LogP contribution in [0.4, 0.5) is 18.9 Å². The molecule has 2 unspecified atom stereocenters. The van der Waals surface area contributed by atoms with Crippen molar-refractivity contribution in [2.24, 2.45) is 10.7 Å². The Morgan fingerprint density at radius 1 is 1.50 bits per heavy atom. The highest BCUT2D eigenvalue weighted by Crippen LogP contribution is 2.42. The van der Waals surface area contributed by atoms with Crippen LogP contribution in [-0.4, -0.2) is 18.3 Å². The lowest BCUT2D eigenvalue weighted by molar-refractivity contribution is -0.208.